The summed E-state index contributed by atoms with van der Waals surface area (Å²) in [5, 5.41) is 13.2. The Morgan fingerprint density at radius 3 is 2.62 bits per heavy atom. The summed E-state index contributed by atoms with van der Waals surface area (Å²) in [5.74, 6) is 0.810. The number of aromatic nitrogens is 5. The molecule has 0 aliphatic rings. The molecule has 0 fully saturated rings. The highest BCUT2D eigenvalue weighted by Gasteiger charge is 2.12. The molecule has 0 saturated heterocycles. The van der Waals surface area contributed by atoms with Gasteiger partial charge in [-0.1, -0.05) is 30.3 Å². The van der Waals surface area contributed by atoms with Crippen molar-refractivity contribution in [3.63, 3.8) is 0 Å². The van der Waals surface area contributed by atoms with Gasteiger partial charge in [-0.05, 0) is 41.7 Å². The Hall–Kier alpha value is -2.64. The fourth-order valence-corrected chi connectivity index (χ4v) is 3.64. The van der Waals surface area contributed by atoms with Gasteiger partial charge in [-0.25, -0.2) is 4.98 Å². The van der Waals surface area contributed by atoms with Gasteiger partial charge in [0.15, 0.2) is 5.82 Å². The molecule has 4 aromatic rings. The third-order valence-corrected chi connectivity index (χ3v) is 4.71. The van der Waals surface area contributed by atoms with E-state index in [1.54, 1.807) is 16.0 Å². The molecule has 0 unspecified atom stereocenters. The third-order valence-electron chi connectivity index (χ3n) is 3.69. The van der Waals surface area contributed by atoms with E-state index in [4.69, 9.17) is 0 Å². The smallest absolute Gasteiger partial charge is 0.170 e. The van der Waals surface area contributed by atoms with Crippen LogP contribution < -0.4 is 0 Å². The molecule has 7 heteroatoms. The van der Waals surface area contributed by atoms with E-state index in [0.29, 0.717) is 6.54 Å². The summed E-state index contributed by atoms with van der Waals surface area (Å²) in [5.41, 5.74) is 2.02. The Kier molecular flexibility index (Phi) is 4.02. The molecule has 0 radical (unpaired) electrons. The maximum Gasteiger partial charge on any atom is 0.170 e. The fraction of sp³-hybridized carbons (Fsp3) is 0.176. The van der Waals surface area contributed by atoms with Gasteiger partial charge in [0.05, 0.1) is 29.0 Å². The summed E-state index contributed by atoms with van der Waals surface area (Å²) >= 11 is 1.73. The van der Waals surface area contributed by atoms with E-state index < -0.39 is 0 Å². The van der Waals surface area contributed by atoms with Gasteiger partial charge in [0.1, 0.15) is 5.01 Å². The predicted octanol–water partition coefficient (Wildman–Crippen LogP) is 2.90. The van der Waals surface area contributed by atoms with Gasteiger partial charge in [-0.3, -0.25) is 4.90 Å². The van der Waals surface area contributed by atoms with Crippen molar-refractivity contribution in [3.8, 4) is 5.69 Å². The Labute approximate surface area is 143 Å². The first-order valence-electron chi connectivity index (χ1n) is 7.65. The zero-order valence-electron chi connectivity index (χ0n) is 13.2. The number of benzene rings is 2. The van der Waals surface area contributed by atoms with Crippen molar-refractivity contribution in [2.45, 2.75) is 13.1 Å². The lowest BCUT2D eigenvalue weighted by Crippen LogP contribution is -2.20. The summed E-state index contributed by atoms with van der Waals surface area (Å²) in [6.45, 7) is 1.42. The molecule has 0 atom stereocenters. The van der Waals surface area contributed by atoms with Gasteiger partial charge in [-0.15, -0.1) is 16.4 Å². The van der Waals surface area contributed by atoms with Gasteiger partial charge in [0, 0.05) is 0 Å². The van der Waals surface area contributed by atoms with Crippen LogP contribution in [0.3, 0.4) is 0 Å². The van der Waals surface area contributed by atoms with E-state index in [-0.39, 0.29) is 0 Å². The fourth-order valence-electron chi connectivity index (χ4n) is 2.59. The van der Waals surface area contributed by atoms with Crippen LogP contribution in [0.5, 0.6) is 0 Å². The minimum atomic E-state index is 0.651. The maximum absolute atomic E-state index is 4.68. The van der Waals surface area contributed by atoms with Crippen LogP contribution in [0, 0.1) is 0 Å². The van der Waals surface area contributed by atoms with Crippen molar-refractivity contribution in [3.05, 3.63) is 65.4 Å². The van der Waals surface area contributed by atoms with Crippen molar-refractivity contribution >= 4 is 21.6 Å². The Morgan fingerprint density at radius 1 is 1.00 bits per heavy atom. The van der Waals surface area contributed by atoms with Crippen LogP contribution >= 0.6 is 11.3 Å². The third kappa shape index (κ3) is 3.04. The van der Waals surface area contributed by atoms with E-state index in [0.717, 1.165) is 28.6 Å². The van der Waals surface area contributed by atoms with Gasteiger partial charge in [-0.2, -0.15) is 4.68 Å². The maximum atomic E-state index is 4.68. The second-order valence-corrected chi connectivity index (χ2v) is 6.71. The largest absolute Gasteiger partial charge is 0.292 e. The second-order valence-electron chi connectivity index (χ2n) is 5.59. The first kappa shape index (κ1) is 14.9. The van der Waals surface area contributed by atoms with Crippen molar-refractivity contribution < 1.29 is 0 Å². The quantitative estimate of drug-likeness (QED) is 0.561. The molecule has 120 valence electrons. The van der Waals surface area contributed by atoms with E-state index in [1.165, 1.54) is 4.70 Å². The highest BCUT2D eigenvalue weighted by atomic mass is 32.1. The van der Waals surface area contributed by atoms with Crippen LogP contribution in [0.4, 0.5) is 0 Å². The lowest BCUT2D eigenvalue weighted by atomic mass is 10.3. The first-order valence-corrected chi connectivity index (χ1v) is 8.47. The average Bonchev–Trinajstić information content (AvgIpc) is 3.21. The molecule has 0 saturated carbocycles. The number of tetrazole rings is 1. The average molecular weight is 336 g/mol. The molecule has 0 amide bonds. The molecule has 2 heterocycles. The molecule has 0 aliphatic carbocycles. The van der Waals surface area contributed by atoms with E-state index >= 15 is 0 Å². The molecule has 0 spiro atoms. The number of hydrogen-bond acceptors (Lipinski definition) is 6. The van der Waals surface area contributed by atoms with Gasteiger partial charge < -0.3 is 0 Å². The van der Waals surface area contributed by atoms with Crippen molar-refractivity contribution in [2.75, 3.05) is 7.05 Å². The zero-order valence-corrected chi connectivity index (χ0v) is 14.0. The molecule has 0 aliphatic heterocycles. The van der Waals surface area contributed by atoms with Crippen molar-refractivity contribution in [1.29, 1.82) is 0 Å². The number of fused-ring (bicyclic) bond motifs is 1. The predicted molar refractivity (Wildman–Crippen MR) is 93.9 cm³/mol. The van der Waals surface area contributed by atoms with Crippen LogP contribution in [0.25, 0.3) is 15.9 Å². The highest BCUT2D eigenvalue weighted by Crippen LogP contribution is 2.22. The topological polar surface area (TPSA) is 59.7 Å². The Bertz CT molecular complexity index is 913. The molecule has 24 heavy (non-hydrogen) atoms. The number of thiazole rings is 1. The van der Waals surface area contributed by atoms with E-state index in [1.807, 2.05) is 48.5 Å². The summed E-state index contributed by atoms with van der Waals surface area (Å²) in [6, 6.07) is 18.1. The minimum absolute atomic E-state index is 0.651. The van der Waals surface area contributed by atoms with Crippen LogP contribution in [-0.4, -0.2) is 37.1 Å². The van der Waals surface area contributed by atoms with Crippen LogP contribution in [0.15, 0.2) is 54.6 Å². The SMILES string of the molecule is CN(Cc1nc2ccccc2s1)Cc1nnnn1-c1ccccc1. The van der Waals surface area contributed by atoms with Crippen LogP contribution in [0.2, 0.25) is 0 Å². The van der Waals surface area contributed by atoms with Crippen LogP contribution in [0.1, 0.15) is 10.8 Å². The minimum Gasteiger partial charge on any atom is -0.292 e. The van der Waals surface area contributed by atoms with Gasteiger partial charge >= 0.3 is 0 Å². The van der Waals surface area contributed by atoms with Crippen LogP contribution in [-0.2, 0) is 13.1 Å². The standard InChI is InChI=1S/C17H16N6S/c1-22(12-17-18-14-9-5-6-10-15(14)24-17)11-16-19-20-21-23(16)13-7-3-2-4-8-13/h2-10H,11-12H2,1H3. The number of para-hydroxylation sites is 2. The zero-order chi connectivity index (χ0) is 16.4. The molecule has 0 N–H and O–H groups in total. The molecular formula is C17H16N6S. The number of rotatable bonds is 5. The lowest BCUT2D eigenvalue weighted by Gasteiger charge is -2.14. The molecule has 2 aromatic heterocycles. The first-order chi connectivity index (χ1) is 11.8. The lowest BCUT2D eigenvalue weighted by molar-refractivity contribution is 0.307. The molecule has 0 bridgehead atoms. The van der Waals surface area contributed by atoms with Gasteiger partial charge in [0.2, 0.25) is 0 Å². The Balaban J connectivity index is 1.50. The highest BCUT2D eigenvalue weighted by molar-refractivity contribution is 7.18. The van der Waals surface area contributed by atoms with Crippen molar-refractivity contribution in [2.24, 2.45) is 0 Å². The van der Waals surface area contributed by atoms with E-state index in [9.17, 15) is 0 Å². The molecule has 2 aromatic carbocycles. The summed E-state index contributed by atoms with van der Waals surface area (Å²) < 4.78 is 2.99. The normalized spacial score (nSPS) is 11.4. The summed E-state index contributed by atoms with van der Waals surface area (Å²) in [7, 11) is 2.05. The van der Waals surface area contributed by atoms with Gasteiger partial charge in [0.25, 0.3) is 0 Å². The molecular weight excluding hydrogens is 320 g/mol. The second kappa shape index (κ2) is 6.46. The summed E-state index contributed by atoms with van der Waals surface area (Å²) in [4.78, 5) is 6.85. The molecule has 6 nitrogen and oxygen atoms in total. The van der Waals surface area contributed by atoms with Crippen molar-refractivity contribution in [1.82, 2.24) is 30.1 Å². The summed E-state index contributed by atoms with van der Waals surface area (Å²) in [6.07, 6.45) is 0. The Morgan fingerprint density at radius 2 is 1.79 bits per heavy atom. The number of hydrogen-bond donors (Lipinski definition) is 0. The van der Waals surface area contributed by atoms with E-state index in [2.05, 4.69) is 38.5 Å². The molecule has 4 rings (SSSR count). The monoisotopic (exact) mass is 336 g/mol. The number of nitrogens with zero attached hydrogens (tertiary/aromatic N) is 6.